The van der Waals surface area contributed by atoms with Crippen LogP contribution >= 0.6 is 11.8 Å². The van der Waals surface area contributed by atoms with E-state index in [4.69, 9.17) is 0 Å². The van der Waals surface area contributed by atoms with Crippen molar-refractivity contribution in [2.75, 3.05) is 24.6 Å². The number of piperidine rings is 1. The molecule has 22 heavy (non-hydrogen) atoms. The van der Waals surface area contributed by atoms with Crippen LogP contribution in [0.15, 0.2) is 30.3 Å². The average molecular weight is 320 g/mol. The van der Waals surface area contributed by atoms with Gasteiger partial charge < -0.3 is 10.4 Å². The summed E-state index contributed by atoms with van der Waals surface area (Å²) < 4.78 is 0. The summed E-state index contributed by atoms with van der Waals surface area (Å²) in [7, 11) is 0. The zero-order valence-electron chi connectivity index (χ0n) is 12.8. The van der Waals surface area contributed by atoms with Gasteiger partial charge in [-0.15, -0.1) is 0 Å². The molecule has 0 bridgehead atoms. The number of rotatable bonds is 4. The molecule has 1 atom stereocenters. The molecule has 1 aromatic carbocycles. The van der Waals surface area contributed by atoms with E-state index >= 15 is 0 Å². The van der Waals surface area contributed by atoms with Crippen LogP contribution in [0.2, 0.25) is 0 Å². The monoisotopic (exact) mass is 320 g/mol. The molecule has 2 N–H and O–H groups in total. The number of carbonyl (C=O) groups excluding carboxylic acids is 1. The first-order valence-electron chi connectivity index (χ1n) is 8.03. The van der Waals surface area contributed by atoms with Crippen LogP contribution in [0, 0.1) is 0 Å². The van der Waals surface area contributed by atoms with Crippen LogP contribution in [0.1, 0.15) is 24.8 Å². The summed E-state index contributed by atoms with van der Waals surface area (Å²) >= 11 is 1.65. The van der Waals surface area contributed by atoms with Crippen molar-refractivity contribution in [2.24, 2.45) is 0 Å². The highest BCUT2D eigenvalue weighted by Gasteiger charge is 2.40. The van der Waals surface area contributed by atoms with E-state index in [1.807, 2.05) is 6.07 Å². The highest BCUT2D eigenvalue weighted by atomic mass is 32.2. The second-order valence-corrected chi connectivity index (χ2v) is 7.45. The number of amides is 1. The Bertz CT molecular complexity index is 495. The van der Waals surface area contributed by atoms with Gasteiger partial charge in [0.2, 0.25) is 0 Å². The quantitative estimate of drug-likeness (QED) is 0.885. The van der Waals surface area contributed by atoms with E-state index in [0.29, 0.717) is 12.2 Å². The Labute approximate surface area is 136 Å². The SMILES string of the molecule is O=C(NC1CCN(Cc2ccccc2)CC1)C1(O)CCSC1. The molecule has 1 aromatic rings. The van der Waals surface area contributed by atoms with Gasteiger partial charge in [0.15, 0.2) is 5.60 Å². The summed E-state index contributed by atoms with van der Waals surface area (Å²) in [6.45, 7) is 2.96. The predicted molar refractivity (Wildman–Crippen MR) is 89.8 cm³/mol. The van der Waals surface area contributed by atoms with Gasteiger partial charge in [0.1, 0.15) is 0 Å². The largest absolute Gasteiger partial charge is 0.379 e. The first-order valence-corrected chi connectivity index (χ1v) is 9.18. The van der Waals surface area contributed by atoms with Gasteiger partial charge in [0.25, 0.3) is 5.91 Å². The molecule has 0 aliphatic carbocycles. The highest BCUT2D eigenvalue weighted by Crippen LogP contribution is 2.28. The highest BCUT2D eigenvalue weighted by molar-refractivity contribution is 7.99. The van der Waals surface area contributed by atoms with Gasteiger partial charge in [-0.05, 0) is 30.6 Å². The van der Waals surface area contributed by atoms with Crippen LogP contribution in [0.5, 0.6) is 0 Å². The maximum Gasteiger partial charge on any atom is 0.253 e. The molecule has 3 rings (SSSR count). The zero-order valence-corrected chi connectivity index (χ0v) is 13.6. The molecule has 120 valence electrons. The summed E-state index contributed by atoms with van der Waals surface area (Å²) in [6, 6.07) is 10.7. The van der Waals surface area contributed by atoms with Gasteiger partial charge in [-0.3, -0.25) is 9.69 Å². The summed E-state index contributed by atoms with van der Waals surface area (Å²) in [5.74, 6) is 1.24. The summed E-state index contributed by atoms with van der Waals surface area (Å²) in [5, 5.41) is 13.4. The summed E-state index contributed by atoms with van der Waals surface area (Å²) in [4.78, 5) is 14.6. The lowest BCUT2D eigenvalue weighted by molar-refractivity contribution is -0.138. The van der Waals surface area contributed by atoms with Crippen molar-refractivity contribution in [3.8, 4) is 0 Å². The number of hydrogen-bond acceptors (Lipinski definition) is 4. The molecule has 2 aliphatic heterocycles. The Morgan fingerprint density at radius 2 is 2.05 bits per heavy atom. The fourth-order valence-corrected chi connectivity index (χ4v) is 4.37. The molecule has 4 nitrogen and oxygen atoms in total. The average Bonchev–Trinajstić information content (AvgIpc) is 2.98. The number of hydrogen-bond donors (Lipinski definition) is 2. The number of nitrogens with zero attached hydrogens (tertiary/aromatic N) is 1. The molecule has 0 spiro atoms. The van der Waals surface area contributed by atoms with E-state index < -0.39 is 5.60 Å². The fourth-order valence-electron chi connectivity index (χ4n) is 3.13. The van der Waals surface area contributed by atoms with E-state index in [2.05, 4.69) is 34.5 Å². The zero-order chi connectivity index (χ0) is 15.4. The number of benzene rings is 1. The van der Waals surface area contributed by atoms with Crippen molar-refractivity contribution < 1.29 is 9.90 Å². The number of aliphatic hydroxyl groups is 1. The number of nitrogens with one attached hydrogen (secondary N) is 1. The Morgan fingerprint density at radius 3 is 2.68 bits per heavy atom. The molecule has 2 aliphatic rings. The molecule has 0 aromatic heterocycles. The predicted octanol–water partition coefficient (Wildman–Crippen LogP) is 1.64. The van der Waals surface area contributed by atoms with E-state index in [1.54, 1.807) is 11.8 Å². The number of carbonyl (C=O) groups is 1. The molecule has 2 heterocycles. The van der Waals surface area contributed by atoms with Gasteiger partial charge in [-0.1, -0.05) is 30.3 Å². The third kappa shape index (κ3) is 3.83. The third-order valence-corrected chi connectivity index (χ3v) is 5.77. The lowest BCUT2D eigenvalue weighted by atomic mass is 9.99. The smallest absolute Gasteiger partial charge is 0.253 e. The number of likely N-dealkylation sites (tertiary alicyclic amines) is 1. The Hall–Kier alpha value is -1.04. The molecule has 1 amide bonds. The topological polar surface area (TPSA) is 52.6 Å². The minimum atomic E-state index is -1.13. The van der Waals surface area contributed by atoms with E-state index in [-0.39, 0.29) is 11.9 Å². The van der Waals surface area contributed by atoms with E-state index in [1.165, 1.54) is 5.56 Å². The van der Waals surface area contributed by atoms with Crippen LogP contribution < -0.4 is 5.32 Å². The van der Waals surface area contributed by atoms with Crippen molar-refractivity contribution in [1.82, 2.24) is 10.2 Å². The first-order chi connectivity index (χ1) is 10.7. The van der Waals surface area contributed by atoms with Gasteiger partial charge in [0.05, 0.1) is 0 Å². The fraction of sp³-hybridized carbons (Fsp3) is 0.588. The van der Waals surface area contributed by atoms with Crippen molar-refractivity contribution in [3.05, 3.63) is 35.9 Å². The van der Waals surface area contributed by atoms with Crippen LogP contribution in [0.3, 0.4) is 0 Å². The summed E-state index contributed by atoms with van der Waals surface area (Å²) in [5.41, 5.74) is 0.202. The minimum absolute atomic E-state index is 0.168. The Morgan fingerprint density at radius 1 is 1.32 bits per heavy atom. The van der Waals surface area contributed by atoms with E-state index in [9.17, 15) is 9.90 Å². The van der Waals surface area contributed by atoms with Crippen molar-refractivity contribution in [1.29, 1.82) is 0 Å². The summed E-state index contributed by atoms with van der Waals surface area (Å²) in [6.07, 6.45) is 2.50. The maximum atomic E-state index is 12.2. The second-order valence-electron chi connectivity index (χ2n) is 6.34. The molecular weight excluding hydrogens is 296 g/mol. The first kappa shape index (κ1) is 15.8. The van der Waals surface area contributed by atoms with Crippen molar-refractivity contribution in [3.63, 3.8) is 0 Å². The molecule has 2 saturated heterocycles. The third-order valence-electron chi connectivity index (χ3n) is 4.60. The van der Waals surface area contributed by atoms with Gasteiger partial charge in [-0.25, -0.2) is 0 Å². The standard InChI is InChI=1S/C17H24N2O2S/c20-16(17(21)8-11-22-13-17)18-15-6-9-19(10-7-15)12-14-4-2-1-3-5-14/h1-5,15,21H,6-13H2,(H,18,20). The van der Waals surface area contributed by atoms with Gasteiger partial charge in [-0.2, -0.15) is 11.8 Å². The van der Waals surface area contributed by atoms with Gasteiger partial charge >= 0.3 is 0 Å². The minimum Gasteiger partial charge on any atom is -0.379 e. The molecule has 2 fully saturated rings. The lowest BCUT2D eigenvalue weighted by Gasteiger charge is -2.33. The second kappa shape index (κ2) is 7.02. The maximum absolute atomic E-state index is 12.2. The molecule has 0 saturated carbocycles. The molecule has 5 heteroatoms. The van der Waals surface area contributed by atoms with Crippen LogP contribution in [-0.4, -0.2) is 52.2 Å². The Kier molecular flexibility index (Phi) is 5.06. The Balaban J connectivity index is 1.45. The molecular formula is C17H24N2O2S. The van der Waals surface area contributed by atoms with Crippen molar-refractivity contribution in [2.45, 2.75) is 37.5 Å². The number of thioether (sulfide) groups is 1. The van der Waals surface area contributed by atoms with Gasteiger partial charge in [0, 0.05) is 31.4 Å². The van der Waals surface area contributed by atoms with Crippen LogP contribution in [-0.2, 0) is 11.3 Å². The van der Waals surface area contributed by atoms with Crippen LogP contribution in [0.4, 0.5) is 0 Å². The van der Waals surface area contributed by atoms with Crippen LogP contribution in [0.25, 0.3) is 0 Å². The van der Waals surface area contributed by atoms with E-state index in [0.717, 1.165) is 38.2 Å². The molecule has 1 unspecified atom stereocenters. The normalized spacial score (nSPS) is 27.0. The lowest BCUT2D eigenvalue weighted by Crippen LogP contribution is -2.53. The van der Waals surface area contributed by atoms with Crippen molar-refractivity contribution >= 4 is 17.7 Å². The molecule has 0 radical (unpaired) electrons.